The van der Waals surface area contributed by atoms with E-state index < -0.39 is 58.3 Å². The lowest BCUT2D eigenvalue weighted by atomic mass is 9.60. The fraction of sp³-hybridized carbons (Fsp3) is 0.667. The van der Waals surface area contributed by atoms with Gasteiger partial charge in [0.2, 0.25) is 0 Å². The van der Waals surface area contributed by atoms with Gasteiger partial charge >= 0.3 is 11.9 Å². The highest BCUT2D eigenvalue weighted by Gasteiger charge is 2.87. The monoisotopic (exact) mass is 472 g/mol. The van der Waals surface area contributed by atoms with E-state index in [0.29, 0.717) is 23.1 Å². The molecule has 0 aliphatic heterocycles. The molecule has 2 saturated carbocycles. The normalized spacial score (nSPS) is 42.4. The van der Waals surface area contributed by atoms with Crippen molar-refractivity contribution in [3.8, 4) is 0 Å². The minimum atomic E-state index is -1.44. The second-order valence-corrected chi connectivity index (χ2v) is 11.1. The lowest BCUT2D eigenvalue weighted by molar-refractivity contribution is -0.218. The highest BCUT2D eigenvalue weighted by Crippen LogP contribution is 2.76. The van der Waals surface area contributed by atoms with E-state index in [1.807, 2.05) is 32.9 Å². The van der Waals surface area contributed by atoms with Gasteiger partial charge in [-0.2, -0.15) is 0 Å². The Morgan fingerprint density at radius 3 is 2.41 bits per heavy atom. The van der Waals surface area contributed by atoms with Crippen molar-refractivity contribution in [3.63, 3.8) is 0 Å². The van der Waals surface area contributed by atoms with E-state index in [1.54, 1.807) is 26.8 Å². The lowest BCUT2D eigenvalue weighted by Gasteiger charge is -2.52. The van der Waals surface area contributed by atoms with E-state index in [2.05, 4.69) is 0 Å². The topological polar surface area (TPSA) is 110 Å². The standard InChI is InChI=1S/C27H36O7/c1-8-13(2)24(31)33-23-15(4)26(32)19-9-14(3)21(30)18(19)10-17(12-28)11-20(26)22-25(6,7)27(22,23)34-16(5)29/h8-9,11,15,18-20,22-23,28,32H,10,12H2,1-7H3/b13-8+/t15-,18+,19+,20+,22+,23+,26-,27-/m0/s1. The Morgan fingerprint density at radius 1 is 1.21 bits per heavy atom. The number of fused-ring (bicyclic) bond motifs is 5. The van der Waals surface area contributed by atoms with E-state index in [-0.39, 0.29) is 18.3 Å². The molecule has 0 amide bonds. The summed E-state index contributed by atoms with van der Waals surface area (Å²) in [6.07, 6.45) is 4.83. The van der Waals surface area contributed by atoms with Gasteiger partial charge in [0.25, 0.3) is 0 Å². The molecule has 4 rings (SSSR count). The fourth-order valence-electron chi connectivity index (χ4n) is 7.32. The third-order valence-electron chi connectivity index (χ3n) is 9.19. The second kappa shape index (κ2) is 7.89. The fourth-order valence-corrected chi connectivity index (χ4v) is 7.32. The molecule has 0 saturated heterocycles. The summed E-state index contributed by atoms with van der Waals surface area (Å²) in [7, 11) is 0. The molecule has 0 heterocycles. The molecule has 0 unspecified atom stereocenters. The highest BCUT2D eigenvalue weighted by atomic mass is 16.6. The minimum Gasteiger partial charge on any atom is -0.454 e. The number of esters is 2. The van der Waals surface area contributed by atoms with Crippen LogP contribution in [-0.2, 0) is 23.9 Å². The molecule has 34 heavy (non-hydrogen) atoms. The van der Waals surface area contributed by atoms with Crippen LogP contribution in [0.25, 0.3) is 0 Å². The zero-order valence-corrected chi connectivity index (χ0v) is 21.0. The van der Waals surface area contributed by atoms with Crippen LogP contribution >= 0.6 is 0 Å². The molecular formula is C27H36O7. The lowest BCUT2D eigenvalue weighted by Crippen LogP contribution is -2.63. The van der Waals surface area contributed by atoms with E-state index in [9.17, 15) is 24.6 Å². The SMILES string of the molecule is C/C=C(\C)C(=O)O[C@@H]1[C@H](C)[C@@]2(O)[C@H](C=C(CO)C[C@H]3C(=O)C(C)=C[C@H]32)[C@@H]2C(C)(C)[C@@]12OC(C)=O. The Balaban J connectivity index is 1.92. The number of ether oxygens (including phenoxy) is 2. The van der Waals surface area contributed by atoms with Gasteiger partial charge in [0, 0.05) is 47.5 Å². The molecule has 0 aromatic rings. The first-order valence-corrected chi connectivity index (χ1v) is 12.1. The molecule has 8 atom stereocenters. The molecule has 0 aromatic carbocycles. The van der Waals surface area contributed by atoms with E-state index in [1.165, 1.54) is 6.92 Å². The van der Waals surface area contributed by atoms with Crippen LogP contribution in [0, 0.1) is 35.0 Å². The molecule has 186 valence electrons. The van der Waals surface area contributed by atoms with Crippen molar-refractivity contribution in [1.29, 1.82) is 0 Å². The van der Waals surface area contributed by atoms with Crippen molar-refractivity contribution >= 4 is 17.7 Å². The van der Waals surface area contributed by atoms with Gasteiger partial charge in [0.1, 0.15) is 6.10 Å². The van der Waals surface area contributed by atoms with Crippen LogP contribution in [0.3, 0.4) is 0 Å². The third kappa shape index (κ3) is 3.05. The summed E-state index contributed by atoms with van der Waals surface area (Å²) in [5.74, 6) is -3.55. The van der Waals surface area contributed by atoms with Crippen molar-refractivity contribution < 1.29 is 34.1 Å². The second-order valence-electron chi connectivity index (χ2n) is 11.1. The summed E-state index contributed by atoms with van der Waals surface area (Å²) >= 11 is 0. The van der Waals surface area contributed by atoms with Gasteiger partial charge in [-0.15, -0.1) is 0 Å². The van der Waals surface area contributed by atoms with Crippen molar-refractivity contribution in [1.82, 2.24) is 0 Å². The van der Waals surface area contributed by atoms with E-state index >= 15 is 0 Å². The number of hydrogen-bond acceptors (Lipinski definition) is 7. The first-order valence-electron chi connectivity index (χ1n) is 12.1. The van der Waals surface area contributed by atoms with Crippen LogP contribution < -0.4 is 0 Å². The van der Waals surface area contributed by atoms with E-state index in [0.717, 1.165) is 0 Å². The van der Waals surface area contributed by atoms with Crippen molar-refractivity contribution in [2.24, 2.45) is 35.0 Å². The van der Waals surface area contributed by atoms with E-state index in [4.69, 9.17) is 9.47 Å². The van der Waals surface area contributed by atoms with Gasteiger partial charge in [-0.1, -0.05) is 39.0 Å². The zero-order chi connectivity index (χ0) is 25.4. The number of hydrogen-bond donors (Lipinski definition) is 2. The molecule has 0 radical (unpaired) electrons. The molecular weight excluding hydrogens is 436 g/mol. The maximum atomic E-state index is 13.0. The summed E-state index contributed by atoms with van der Waals surface area (Å²) < 4.78 is 12.0. The molecule has 2 fully saturated rings. The number of ketones is 1. The Bertz CT molecular complexity index is 1030. The van der Waals surface area contributed by atoms with Gasteiger partial charge < -0.3 is 19.7 Å². The molecule has 0 bridgehead atoms. The summed E-state index contributed by atoms with van der Waals surface area (Å²) in [5.41, 5.74) is -1.47. The minimum absolute atomic E-state index is 0.0317. The zero-order valence-electron chi connectivity index (χ0n) is 21.0. The Labute approximate surface area is 200 Å². The number of aliphatic hydroxyl groups excluding tert-OH is 1. The maximum Gasteiger partial charge on any atom is 0.333 e. The first kappa shape index (κ1) is 24.9. The number of aliphatic hydroxyl groups is 2. The predicted molar refractivity (Wildman–Crippen MR) is 124 cm³/mol. The number of carbonyl (C=O) groups excluding carboxylic acids is 3. The number of allylic oxidation sites excluding steroid dienone is 2. The first-order chi connectivity index (χ1) is 15.8. The van der Waals surface area contributed by atoms with Crippen LogP contribution in [0.4, 0.5) is 0 Å². The molecule has 2 N–H and O–H groups in total. The van der Waals surface area contributed by atoms with Crippen LogP contribution in [0.15, 0.2) is 34.9 Å². The molecule has 0 spiro atoms. The van der Waals surface area contributed by atoms with Gasteiger partial charge in [-0.25, -0.2) is 4.79 Å². The molecule has 7 nitrogen and oxygen atoms in total. The summed E-state index contributed by atoms with van der Waals surface area (Å²) in [6, 6.07) is 0. The van der Waals surface area contributed by atoms with Crippen LogP contribution in [-0.4, -0.2) is 51.8 Å². The number of rotatable bonds is 4. The van der Waals surface area contributed by atoms with Crippen molar-refractivity contribution in [3.05, 3.63) is 34.9 Å². The molecule has 7 heteroatoms. The Kier molecular flexibility index (Phi) is 5.77. The predicted octanol–water partition coefficient (Wildman–Crippen LogP) is 2.90. The summed E-state index contributed by atoms with van der Waals surface area (Å²) in [5, 5.41) is 22.6. The Morgan fingerprint density at radius 2 is 1.85 bits per heavy atom. The molecule has 0 aromatic heterocycles. The number of carbonyl (C=O) groups is 3. The van der Waals surface area contributed by atoms with Crippen molar-refractivity contribution in [2.45, 2.75) is 72.2 Å². The third-order valence-corrected chi connectivity index (χ3v) is 9.19. The van der Waals surface area contributed by atoms with Crippen molar-refractivity contribution in [2.75, 3.05) is 6.61 Å². The summed E-state index contributed by atoms with van der Waals surface area (Å²) in [6.45, 7) is 12.0. The summed E-state index contributed by atoms with van der Waals surface area (Å²) in [4.78, 5) is 38.3. The maximum absolute atomic E-state index is 13.0. The average Bonchev–Trinajstić information content (AvgIpc) is 3.16. The quantitative estimate of drug-likeness (QED) is 0.368. The van der Waals surface area contributed by atoms with Crippen LogP contribution in [0.1, 0.15) is 54.9 Å². The molecule has 4 aliphatic carbocycles. The smallest absolute Gasteiger partial charge is 0.333 e. The largest absolute Gasteiger partial charge is 0.454 e. The van der Waals surface area contributed by atoms with Gasteiger partial charge in [0.05, 0.1) is 12.2 Å². The van der Waals surface area contributed by atoms with Gasteiger partial charge in [0.15, 0.2) is 11.4 Å². The average molecular weight is 473 g/mol. The number of Topliss-reactive ketones (excluding diaryl/α,β-unsaturated/α-hetero) is 1. The van der Waals surface area contributed by atoms with Crippen LogP contribution in [0.5, 0.6) is 0 Å². The van der Waals surface area contributed by atoms with Crippen LogP contribution in [0.2, 0.25) is 0 Å². The Hall–Kier alpha value is -2.25. The molecule has 4 aliphatic rings. The highest BCUT2D eigenvalue weighted by molar-refractivity contribution is 6.00. The van der Waals surface area contributed by atoms with Gasteiger partial charge in [-0.05, 0) is 38.3 Å². The van der Waals surface area contributed by atoms with Gasteiger partial charge in [-0.3, -0.25) is 9.59 Å².